The van der Waals surface area contributed by atoms with Gasteiger partial charge in [0.2, 0.25) is 0 Å². The number of thiophene rings is 1. The van der Waals surface area contributed by atoms with Crippen LogP contribution in [0.4, 0.5) is 0 Å². The van der Waals surface area contributed by atoms with Crippen LogP contribution in [0, 0.1) is 11.7 Å². The summed E-state index contributed by atoms with van der Waals surface area (Å²) in [5, 5.41) is 4.98. The van der Waals surface area contributed by atoms with E-state index in [0.717, 1.165) is 26.7 Å². The van der Waals surface area contributed by atoms with Gasteiger partial charge in [-0.15, -0.1) is 11.3 Å². The second-order valence-electron chi connectivity index (χ2n) is 5.00. The summed E-state index contributed by atoms with van der Waals surface area (Å²) in [4.78, 5) is 18.1. The number of H-pyrrole nitrogens is 1. The molecule has 1 N–H and O–H groups in total. The van der Waals surface area contributed by atoms with Gasteiger partial charge >= 0.3 is 0 Å². The first-order valence-electron chi connectivity index (χ1n) is 6.94. The van der Waals surface area contributed by atoms with Crippen molar-refractivity contribution in [2.45, 2.75) is 33.4 Å². The first-order chi connectivity index (χ1) is 10.5. The highest BCUT2D eigenvalue weighted by atomic mass is 79.9. The molecule has 0 fully saturated rings. The molecule has 0 unspecified atom stereocenters. The van der Waals surface area contributed by atoms with E-state index < -0.39 is 0 Å². The molecular weight excluding hydrogens is 384 g/mol. The number of fused-ring (bicyclic) bond motifs is 1. The van der Waals surface area contributed by atoms with Gasteiger partial charge in [0.05, 0.1) is 22.6 Å². The van der Waals surface area contributed by atoms with Gasteiger partial charge in [0.25, 0.3) is 5.56 Å². The Balaban J connectivity index is 2.05. The normalized spacial score (nSPS) is 11.4. The molecule has 116 valence electrons. The molecule has 3 aromatic rings. The van der Waals surface area contributed by atoms with Gasteiger partial charge in [-0.25, -0.2) is 0 Å². The molecule has 3 rings (SSSR count). The van der Waals surface area contributed by atoms with Gasteiger partial charge in [0, 0.05) is 17.6 Å². The minimum absolute atomic E-state index is 0.00817. The van der Waals surface area contributed by atoms with Gasteiger partial charge < -0.3 is 4.98 Å². The molecule has 0 amide bonds. The van der Waals surface area contributed by atoms with Crippen LogP contribution in [0.2, 0.25) is 0 Å². The van der Waals surface area contributed by atoms with Crippen LogP contribution >= 0.6 is 39.5 Å². The largest absolute Gasteiger partial charge is 0.323 e. The molecular formula is C14H15BrN4OS2. The lowest BCUT2D eigenvalue weighted by molar-refractivity contribution is 0.517. The lowest BCUT2D eigenvalue weighted by atomic mass is 10.1. The summed E-state index contributed by atoms with van der Waals surface area (Å²) in [6, 6.07) is 0. The molecule has 0 aliphatic rings. The number of halogens is 1. The average Bonchev–Trinajstić information content (AvgIpc) is 3.01. The fourth-order valence-electron chi connectivity index (χ4n) is 2.58. The molecule has 3 heterocycles. The Labute approximate surface area is 144 Å². The van der Waals surface area contributed by atoms with E-state index in [0.29, 0.717) is 17.9 Å². The van der Waals surface area contributed by atoms with Crippen molar-refractivity contribution >= 4 is 49.7 Å². The van der Waals surface area contributed by atoms with Crippen molar-refractivity contribution in [3.8, 4) is 0 Å². The van der Waals surface area contributed by atoms with Crippen molar-refractivity contribution in [3.05, 3.63) is 42.4 Å². The van der Waals surface area contributed by atoms with Gasteiger partial charge in [-0.05, 0) is 47.1 Å². The molecule has 0 saturated heterocycles. The smallest absolute Gasteiger partial charge is 0.263 e. The van der Waals surface area contributed by atoms with E-state index in [1.54, 1.807) is 26.8 Å². The Bertz CT molecular complexity index is 950. The predicted octanol–water partition coefficient (Wildman–Crippen LogP) is 3.65. The number of aromatic nitrogens is 4. The third-order valence-corrected chi connectivity index (χ3v) is 5.44. The molecule has 0 spiro atoms. The van der Waals surface area contributed by atoms with Crippen LogP contribution in [0.15, 0.2) is 21.7 Å². The van der Waals surface area contributed by atoms with Gasteiger partial charge in [0.1, 0.15) is 4.83 Å². The van der Waals surface area contributed by atoms with Crippen LogP contribution in [0.5, 0.6) is 0 Å². The van der Waals surface area contributed by atoms with E-state index in [4.69, 9.17) is 12.2 Å². The Kier molecular flexibility index (Phi) is 4.33. The predicted molar refractivity (Wildman–Crippen MR) is 95.3 cm³/mol. The summed E-state index contributed by atoms with van der Waals surface area (Å²) in [6.07, 6.45) is 4.45. The highest BCUT2D eigenvalue weighted by Crippen LogP contribution is 2.27. The zero-order valence-corrected chi connectivity index (χ0v) is 15.4. The fourth-order valence-corrected chi connectivity index (χ4v) is 4.38. The van der Waals surface area contributed by atoms with Gasteiger partial charge in [-0.3, -0.25) is 14.0 Å². The van der Waals surface area contributed by atoms with Crippen molar-refractivity contribution in [1.29, 1.82) is 0 Å². The molecule has 0 radical (unpaired) electrons. The number of hydrogen-bond acceptors (Lipinski definition) is 4. The van der Waals surface area contributed by atoms with Crippen LogP contribution in [0.25, 0.3) is 10.2 Å². The minimum atomic E-state index is -0.00817. The van der Waals surface area contributed by atoms with Gasteiger partial charge in [-0.1, -0.05) is 6.92 Å². The summed E-state index contributed by atoms with van der Waals surface area (Å²) in [6.45, 7) is 5.21. The van der Waals surface area contributed by atoms with E-state index in [1.807, 2.05) is 13.1 Å². The van der Waals surface area contributed by atoms with Crippen molar-refractivity contribution < 1.29 is 0 Å². The summed E-state index contributed by atoms with van der Waals surface area (Å²) in [5.41, 5.74) is 1.11. The zero-order valence-electron chi connectivity index (χ0n) is 12.2. The third kappa shape index (κ3) is 2.70. The molecule has 0 aromatic carbocycles. The van der Waals surface area contributed by atoms with Crippen LogP contribution in [0.3, 0.4) is 0 Å². The summed E-state index contributed by atoms with van der Waals surface area (Å²) >= 11 is 10.3. The van der Waals surface area contributed by atoms with Crippen molar-refractivity contribution in [1.82, 2.24) is 19.3 Å². The van der Waals surface area contributed by atoms with Crippen LogP contribution in [0.1, 0.15) is 17.4 Å². The second-order valence-corrected chi connectivity index (χ2v) is 7.53. The topological polar surface area (TPSA) is 55.6 Å². The fraction of sp³-hybridized carbons (Fsp3) is 0.357. The molecule has 0 aliphatic heterocycles. The minimum Gasteiger partial charge on any atom is -0.323 e. The SMILES string of the molecule is CCc1c(C)sc2[nH]c(=S)n(CCn3cc(Br)cn3)c(=O)c12. The second kappa shape index (κ2) is 6.10. The quantitative estimate of drug-likeness (QED) is 0.682. The molecule has 0 saturated carbocycles. The van der Waals surface area contributed by atoms with Crippen molar-refractivity contribution in [2.75, 3.05) is 0 Å². The maximum atomic E-state index is 12.8. The van der Waals surface area contributed by atoms with Crippen LogP contribution in [-0.2, 0) is 19.5 Å². The standard InChI is InChI=1S/C14H15BrN4OS2/c1-3-10-8(2)22-12-11(10)13(20)19(14(21)17-12)5-4-18-7-9(15)6-16-18/h6-7H,3-5H2,1-2H3,(H,17,21). The first-order valence-corrected chi connectivity index (χ1v) is 8.96. The van der Waals surface area contributed by atoms with E-state index >= 15 is 0 Å². The zero-order chi connectivity index (χ0) is 15.9. The molecule has 8 heteroatoms. The van der Waals surface area contributed by atoms with Gasteiger partial charge in [0.15, 0.2) is 4.77 Å². The molecule has 5 nitrogen and oxygen atoms in total. The number of hydrogen-bond donors (Lipinski definition) is 1. The average molecular weight is 399 g/mol. The Hall–Kier alpha value is -1.25. The maximum absolute atomic E-state index is 12.8. The lowest BCUT2D eigenvalue weighted by Gasteiger charge is -2.07. The van der Waals surface area contributed by atoms with E-state index in [1.165, 1.54) is 4.88 Å². The summed E-state index contributed by atoms with van der Waals surface area (Å²) < 4.78 is 4.79. The summed E-state index contributed by atoms with van der Waals surface area (Å²) in [7, 11) is 0. The van der Waals surface area contributed by atoms with Crippen molar-refractivity contribution in [3.63, 3.8) is 0 Å². The molecule has 0 aliphatic carbocycles. The maximum Gasteiger partial charge on any atom is 0.263 e. The summed E-state index contributed by atoms with van der Waals surface area (Å²) in [5.74, 6) is 0. The van der Waals surface area contributed by atoms with E-state index in [-0.39, 0.29) is 5.56 Å². The Morgan fingerprint density at radius 3 is 2.86 bits per heavy atom. The molecule has 22 heavy (non-hydrogen) atoms. The lowest BCUT2D eigenvalue weighted by Crippen LogP contribution is -2.24. The highest BCUT2D eigenvalue weighted by Gasteiger charge is 2.14. The third-order valence-electron chi connectivity index (χ3n) is 3.64. The molecule has 0 bridgehead atoms. The van der Waals surface area contributed by atoms with Crippen LogP contribution < -0.4 is 5.56 Å². The highest BCUT2D eigenvalue weighted by molar-refractivity contribution is 9.10. The number of aromatic amines is 1. The van der Waals surface area contributed by atoms with E-state index in [2.05, 4.69) is 32.9 Å². The van der Waals surface area contributed by atoms with Gasteiger partial charge in [-0.2, -0.15) is 5.10 Å². The monoisotopic (exact) mass is 398 g/mol. The Morgan fingerprint density at radius 1 is 1.45 bits per heavy atom. The number of nitrogens with one attached hydrogen (secondary N) is 1. The number of rotatable bonds is 4. The molecule has 0 atom stereocenters. The molecule has 3 aromatic heterocycles. The number of nitrogens with zero attached hydrogens (tertiary/aromatic N) is 3. The number of aryl methyl sites for hydroxylation is 3. The Morgan fingerprint density at radius 2 is 2.23 bits per heavy atom. The van der Waals surface area contributed by atoms with Crippen molar-refractivity contribution in [2.24, 2.45) is 0 Å². The first kappa shape index (κ1) is 15.6. The van der Waals surface area contributed by atoms with Crippen LogP contribution in [-0.4, -0.2) is 19.3 Å². The van der Waals surface area contributed by atoms with E-state index in [9.17, 15) is 4.79 Å².